The number of aromatic carboxylic acids is 1. The highest BCUT2D eigenvalue weighted by atomic mass is 32.1. The third-order valence-corrected chi connectivity index (χ3v) is 8.73. The maximum Gasteiger partial charge on any atom is 0.335 e. The minimum absolute atomic E-state index is 0.130. The lowest BCUT2D eigenvalue weighted by atomic mass is 9.98. The van der Waals surface area contributed by atoms with E-state index in [1.165, 1.54) is 11.3 Å². The van der Waals surface area contributed by atoms with Crippen LogP contribution in [-0.4, -0.2) is 81.7 Å². The summed E-state index contributed by atoms with van der Waals surface area (Å²) in [7, 11) is 1.95. The number of benzene rings is 3. The van der Waals surface area contributed by atoms with Crippen molar-refractivity contribution in [1.29, 1.82) is 0 Å². The summed E-state index contributed by atoms with van der Waals surface area (Å²) in [5.41, 5.74) is 3.20. The highest BCUT2D eigenvalue weighted by Gasteiger charge is 2.34. The van der Waals surface area contributed by atoms with Gasteiger partial charge in [0.25, 0.3) is 11.8 Å². The fourth-order valence-corrected chi connectivity index (χ4v) is 5.97. The maximum atomic E-state index is 13.8. The van der Waals surface area contributed by atoms with E-state index in [1.54, 1.807) is 72.6 Å². The quantitative estimate of drug-likeness (QED) is 0.221. The number of aromatic nitrogens is 1. The Hall–Kier alpha value is -4.58. The molecule has 234 valence electrons. The minimum Gasteiger partial charge on any atom is -0.486 e. The number of carbonyl (C=O) groups is 3. The number of carboxylic acid groups (broad SMARTS) is 1. The maximum absolute atomic E-state index is 13.8. The molecule has 3 aromatic carbocycles. The number of aliphatic hydroxyl groups is 1. The standard InChI is InChI=1S/C34H36N4O6S/c1-21-17-38(22(2)20-39)33(41)27-5-4-6-28(36-31(40)24-11-13-25(14-12-24)32-35-15-16-45-32)30(27)44-29(21)19-37(3)18-23-7-9-26(10-8-23)34(42)43/h4-16,21-22,29,39H,17-20H2,1-3H3,(H,36,40)(H,42,43)/t21-,22-,29+/m1/s1. The summed E-state index contributed by atoms with van der Waals surface area (Å²) in [6, 6.07) is 18.6. The van der Waals surface area contributed by atoms with Crippen LogP contribution in [0.25, 0.3) is 10.6 Å². The summed E-state index contributed by atoms with van der Waals surface area (Å²) in [4.78, 5) is 46.5. The van der Waals surface area contributed by atoms with Gasteiger partial charge in [0, 0.05) is 48.3 Å². The van der Waals surface area contributed by atoms with Crippen molar-refractivity contribution in [2.75, 3.05) is 32.1 Å². The van der Waals surface area contributed by atoms with Crippen LogP contribution in [0.2, 0.25) is 0 Å². The molecule has 2 heterocycles. The molecule has 45 heavy (non-hydrogen) atoms. The highest BCUT2D eigenvalue weighted by molar-refractivity contribution is 7.13. The number of para-hydroxylation sites is 1. The second-order valence-corrected chi connectivity index (χ2v) is 12.3. The SMILES string of the molecule is C[C@@H]1CN([C@H](C)CO)C(=O)c2cccc(NC(=O)c3ccc(-c4nccs4)cc3)c2O[C@H]1CN(C)Cc1ccc(C(=O)O)cc1. The molecule has 2 amide bonds. The van der Waals surface area contributed by atoms with Crippen LogP contribution in [0, 0.1) is 5.92 Å². The van der Waals surface area contributed by atoms with Gasteiger partial charge in [0.15, 0.2) is 5.75 Å². The number of carboxylic acids is 1. The smallest absolute Gasteiger partial charge is 0.335 e. The molecule has 5 rings (SSSR count). The predicted molar refractivity (Wildman–Crippen MR) is 173 cm³/mol. The van der Waals surface area contributed by atoms with Crippen LogP contribution in [0.1, 0.15) is 50.5 Å². The van der Waals surface area contributed by atoms with Crippen molar-refractivity contribution >= 4 is 34.8 Å². The Morgan fingerprint density at radius 1 is 1.11 bits per heavy atom. The van der Waals surface area contributed by atoms with E-state index < -0.39 is 12.0 Å². The van der Waals surface area contributed by atoms with Crippen molar-refractivity contribution in [3.8, 4) is 16.3 Å². The molecule has 11 heteroatoms. The fourth-order valence-electron chi connectivity index (χ4n) is 5.32. The summed E-state index contributed by atoms with van der Waals surface area (Å²) < 4.78 is 6.63. The third kappa shape index (κ3) is 7.39. The summed E-state index contributed by atoms with van der Waals surface area (Å²) >= 11 is 1.52. The van der Waals surface area contributed by atoms with E-state index in [0.717, 1.165) is 16.1 Å². The van der Waals surface area contributed by atoms with Crippen LogP contribution in [-0.2, 0) is 6.54 Å². The lowest BCUT2D eigenvalue weighted by Gasteiger charge is -2.38. The molecule has 0 unspecified atom stereocenters. The first-order valence-corrected chi connectivity index (χ1v) is 15.6. The normalized spacial score (nSPS) is 17.2. The minimum atomic E-state index is -0.975. The molecule has 10 nitrogen and oxygen atoms in total. The molecule has 1 aliphatic heterocycles. The molecule has 0 saturated heterocycles. The largest absolute Gasteiger partial charge is 0.486 e. The molecule has 0 fully saturated rings. The summed E-state index contributed by atoms with van der Waals surface area (Å²) in [5, 5.41) is 24.9. The zero-order valence-corrected chi connectivity index (χ0v) is 26.2. The summed E-state index contributed by atoms with van der Waals surface area (Å²) in [6.07, 6.45) is 1.35. The Morgan fingerprint density at radius 3 is 2.47 bits per heavy atom. The van der Waals surface area contributed by atoms with E-state index in [2.05, 4.69) is 15.2 Å². The molecule has 0 saturated carbocycles. The number of fused-ring (bicyclic) bond motifs is 1. The van der Waals surface area contributed by atoms with Gasteiger partial charge in [-0.2, -0.15) is 0 Å². The Bertz CT molecular complexity index is 1640. The number of amides is 2. The lowest BCUT2D eigenvalue weighted by molar-refractivity contribution is 0.0343. The van der Waals surface area contributed by atoms with Gasteiger partial charge < -0.3 is 25.2 Å². The molecule has 0 radical (unpaired) electrons. The molecule has 4 aromatic rings. The topological polar surface area (TPSA) is 132 Å². The van der Waals surface area contributed by atoms with E-state index in [-0.39, 0.29) is 41.8 Å². The second kappa shape index (κ2) is 14.0. The number of carbonyl (C=O) groups excluding carboxylic acids is 2. The van der Waals surface area contributed by atoms with Crippen molar-refractivity contribution < 1.29 is 29.3 Å². The van der Waals surface area contributed by atoms with Crippen molar-refractivity contribution in [3.05, 3.63) is 101 Å². The Morgan fingerprint density at radius 2 is 1.82 bits per heavy atom. The van der Waals surface area contributed by atoms with Gasteiger partial charge in [-0.1, -0.05) is 37.3 Å². The van der Waals surface area contributed by atoms with E-state index in [9.17, 15) is 24.6 Å². The van der Waals surface area contributed by atoms with Gasteiger partial charge in [0.2, 0.25) is 0 Å². The molecule has 0 spiro atoms. The predicted octanol–water partition coefficient (Wildman–Crippen LogP) is 5.11. The van der Waals surface area contributed by atoms with E-state index >= 15 is 0 Å². The van der Waals surface area contributed by atoms with Crippen LogP contribution >= 0.6 is 11.3 Å². The van der Waals surface area contributed by atoms with Crippen molar-refractivity contribution in [1.82, 2.24) is 14.8 Å². The summed E-state index contributed by atoms with van der Waals surface area (Å²) in [6.45, 7) is 5.00. The molecule has 1 aromatic heterocycles. The first kappa shape index (κ1) is 31.8. The van der Waals surface area contributed by atoms with Gasteiger partial charge in [0.05, 0.1) is 29.5 Å². The van der Waals surface area contributed by atoms with Crippen LogP contribution < -0.4 is 10.1 Å². The molecule has 1 aliphatic rings. The van der Waals surface area contributed by atoms with Gasteiger partial charge in [-0.15, -0.1) is 11.3 Å². The average molecular weight is 629 g/mol. The van der Waals surface area contributed by atoms with Crippen LogP contribution in [0.5, 0.6) is 5.75 Å². The Balaban J connectivity index is 1.41. The number of aliphatic hydroxyl groups excluding tert-OH is 1. The van der Waals surface area contributed by atoms with Crippen molar-refractivity contribution in [2.24, 2.45) is 5.92 Å². The molecule has 0 aliphatic carbocycles. The number of anilines is 1. The van der Waals surface area contributed by atoms with Gasteiger partial charge in [-0.05, 0) is 55.9 Å². The average Bonchev–Trinajstić information content (AvgIpc) is 3.58. The van der Waals surface area contributed by atoms with Gasteiger partial charge in [0.1, 0.15) is 11.1 Å². The van der Waals surface area contributed by atoms with Crippen LogP contribution in [0.4, 0.5) is 5.69 Å². The number of hydrogen-bond acceptors (Lipinski definition) is 8. The van der Waals surface area contributed by atoms with Crippen LogP contribution in [0.3, 0.4) is 0 Å². The zero-order chi connectivity index (χ0) is 32.1. The third-order valence-electron chi connectivity index (χ3n) is 7.91. The first-order valence-electron chi connectivity index (χ1n) is 14.7. The highest BCUT2D eigenvalue weighted by Crippen LogP contribution is 2.35. The number of thiazole rings is 1. The number of nitrogens with one attached hydrogen (secondary N) is 1. The molecule has 3 atom stereocenters. The Kier molecular flexibility index (Phi) is 9.92. The van der Waals surface area contributed by atoms with Crippen molar-refractivity contribution in [3.63, 3.8) is 0 Å². The number of rotatable bonds is 10. The number of hydrogen-bond donors (Lipinski definition) is 3. The molecule has 0 bridgehead atoms. The number of likely N-dealkylation sites (N-methyl/N-ethyl adjacent to an activating group) is 1. The van der Waals surface area contributed by atoms with Crippen LogP contribution in [0.15, 0.2) is 78.3 Å². The monoisotopic (exact) mass is 628 g/mol. The van der Waals surface area contributed by atoms with E-state index in [4.69, 9.17) is 4.74 Å². The number of ether oxygens (including phenoxy) is 1. The fraction of sp³-hybridized carbons (Fsp3) is 0.294. The second-order valence-electron chi connectivity index (χ2n) is 11.4. The van der Waals surface area contributed by atoms with Crippen molar-refractivity contribution in [2.45, 2.75) is 32.5 Å². The van der Waals surface area contributed by atoms with E-state index in [1.807, 2.05) is 31.5 Å². The molecular weight excluding hydrogens is 592 g/mol. The first-order chi connectivity index (χ1) is 21.6. The summed E-state index contributed by atoms with van der Waals surface area (Å²) in [5.74, 6) is -1.46. The van der Waals surface area contributed by atoms with Gasteiger partial charge in [-0.25, -0.2) is 9.78 Å². The Labute approximate surface area is 265 Å². The van der Waals surface area contributed by atoms with Gasteiger partial charge in [-0.3, -0.25) is 14.5 Å². The molecule has 3 N–H and O–H groups in total. The molecular formula is C34H36N4O6S. The number of nitrogens with zero attached hydrogens (tertiary/aromatic N) is 3. The van der Waals surface area contributed by atoms with Gasteiger partial charge >= 0.3 is 5.97 Å². The lowest BCUT2D eigenvalue weighted by Crippen LogP contribution is -2.49. The van der Waals surface area contributed by atoms with E-state index in [0.29, 0.717) is 36.4 Å². The zero-order valence-electron chi connectivity index (χ0n) is 25.3.